The number of hydrogen-bond donors (Lipinski definition) is 1. The first-order chi connectivity index (χ1) is 9.65. The summed E-state index contributed by atoms with van der Waals surface area (Å²) in [5, 5.41) is 3.20. The molecule has 4 nitrogen and oxygen atoms in total. The molecular formula is C16H25ClN2O2. The molecule has 0 radical (unpaired) electrons. The second-order valence-corrected chi connectivity index (χ2v) is 5.50. The van der Waals surface area contributed by atoms with E-state index in [1.807, 2.05) is 37.1 Å². The SMILES string of the molecule is CNCC1CCCN(C(=O)c2ccc(C)c(OC)c2)C1.Cl. The van der Waals surface area contributed by atoms with Gasteiger partial charge in [-0.25, -0.2) is 0 Å². The van der Waals surface area contributed by atoms with E-state index in [-0.39, 0.29) is 18.3 Å². The van der Waals surface area contributed by atoms with Gasteiger partial charge in [-0.2, -0.15) is 0 Å². The lowest BCUT2D eigenvalue weighted by molar-refractivity contribution is 0.0674. The van der Waals surface area contributed by atoms with Crippen LogP contribution in [0.4, 0.5) is 0 Å². The van der Waals surface area contributed by atoms with Crippen molar-refractivity contribution in [2.24, 2.45) is 5.92 Å². The summed E-state index contributed by atoms with van der Waals surface area (Å²) in [5.74, 6) is 1.45. The molecule has 2 rings (SSSR count). The molecule has 118 valence electrons. The van der Waals surface area contributed by atoms with E-state index in [0.717, 1.165) is 42.9 Å². The molecule has 1 heterocycles. The minimum absolute atomic E-state index is 0. The van der Waals surface area contributed by atoms with Crippen molar-refractivity contribution in [1.29, 1.82) is 0 Å². The van der Waals surface area contributed by atoms with Crippen LogP contribution in [0.5, 0.6) is 5.75 Å². The number of benzene rings is 1. The van der Waals surface area contributed by atoms with Gasteiger partial charge in [-0.15, -0.1) is 12.4 Å². The predicted molar refractivity (Wildman–Crippen MR) is 87.5 cm³/mol. The van der Waals surface area contributed by atoms with E-state index < -0.39 is 0 Å². The molecule has 1 aliphatic heterocycles. The normalized spacial score (nSPS) is 18.0. The van der Waals surface area contributed by atoms with Crippen LogP contribution in [0, 0.1) is 12.8 Å². The Hall–Kier alpha value is -1.26. The quantitative estimate of drug-likeness (QED) is 0.929. The van der Waals surface area contributed by atoms with Gasteiger partial charge >= 0.3 is 0 Å². The second kappa shape index (κ2) is 8.25. The smallest absolute Gasteiger partial charge is 0.253 e. The number of aryl methyl sites for hydroxylation is 1. The highest BCUT2D eigenvalue weighted by Crippen LogP contribution is 2.22. The molecule has 1 aromatic rings. The molecule has 1 atom stereocenters. The summed E-state index contributed by atoms with van der Waals surface area (Å²) in [7, 11) is 3.60. The molecule has 1 amide bonds. The predicted octanol–water partition coefficient (Wildman–Crippen LogP) is 2.50. The molecule has 21 heavy (non-hydrogen) atoms. The highest BCUT2D eigenvalue weighted by molar-refractivity contribution is 5.94. The summed E-state index contributed by atoms with van der Waals surface area (Å²) >= 11 is 0. The summed E-state index contributed by atoms with van der Waals surface area (Å²) in [5.41, 5.74) is 1.77. The van der Waals surface area contributed by atoms with E-state index >= 15 is 0 Å². The first kappa shape index (κ1) is 17.8. The van der Waals surface area contributed by atoms with E-state index in [4.69, 9.17) is 4.74 Å². The maximum absolute atomic E-state index is 12.6. The molecule has 0 bridgehead atoms. The van der Waals surface area contributed by atoms with E-state index in [1.165, 1.54) is 6.42 Å². The average Bonchev–Trinajstić information content (AvgIpc) is 2.48. The van der Waals surface area contributed by atoms with Gasteiger partial charge in [-0.3, -0.25) is 4.79 Å². The topological polar surface area (TPSA) is 41.6 Å². The van der Waals surface area contributed by atoms with Crippen LogP contribution < -0.4 is 10.1 Å². The van der Waals surface area contributed by atoms with Gasteiger partial charge in [0.1, 0.15) is 5.75 Å². The molecule has 0 spiro atoms. The summed E-state index contributed by atoms with van der Waals surface area (Å²) in [6, 6.07) is 5.68. The number of carbonyl (C=O) groups excluding carboxylic acids is 1. The number of likely N-dealkylation sites (tertiary alicyclic amines) is 1. The molecule has 1 aromatic carbocycles. The van der Waals surface area contributed by atoms with Crippen molar-refractivity contribution in [3.05, 3.63) is 29.3 Å². The van der Waals surface area contributed by atoms with Crippen molar-refractivity contribution in [1.82, 2.24) is 10.2 Å². The fraction of sp³-hybridized carbons (Fsp3) is 0.562. The van der Waals surface area contributed by atoms with Gasteiger partial charge in [0.2, 0.25) is 0 Å². The third-order valence-corrected chi connectivity index (χ3v) is 3.95. The number of amides is 1. The lowest BCUT2D eigenvalue weighted by Gasteiger charge is -2.32. The Morgan fingerprint density at radius 1 is 1.48 bits per heavy atom. The molecule has 1 unspecified atom stereocenters. The zero-order valence-corrected chi connectivity index (χ0v) is 13.8. The van der Waals surface area contributed by atoms with Crippen LogP contribution >= 0.6 is 12.4 Å². The first-order valence-corrected chi connectivity index (χ1v) is 7.24. The minimum atomic E-state index is 0. The number of methoxy groups -OCH3 is 1. The summed E-state index contributed by atoms with van der Waals surface area (Å²) < 4.78 is 5.30. The third-order valence-electron chi connectivity index (χ3n) is 3.95. The number of piperidine rings is 1. The molecule has 0 saturated carbocycles. The number of halogens is 1. The highest BCUT2D eigenvalue weighted by Gasteiger charge is 2.24. The molecule has 1 saturated heterocycles. The molecule has 0 aliphatic carbocycles. The van der Waals surface area contributed by atoms with Crippen molar-refractivity contribution < 1.29 is 9.53 Å². The van der Waals surface area contributed by atoms with Crippen molar-refractivity contribution in [3.8, 4) is 5.75 Å². The summed E-state index contributed by atoms with van der Waals surface area (Å²) in [6.07, 6.45) is 2.28. The molecule has 0 aromatic heterocycles. The standard InChI is InChI=1S/C16H24N2O2.ClH/c1-12-6-7-14(9-15(12)20-3)16(19)18-8-4-5-13(11-18)10-17-2;/h6-7,9,13,17H,4-5,8,10-11H2,1-3H3;1H. The van der Waals surface area contributed by atoms with Crippen LogP contribution in [-0.2, 0) is 0 Å². The van der Waals surface area contributed by atoms with Crippen molar-refractivity contribution >= 4 is 18.3 Å². The zero-order valence-electron chi connectivity index (χ0n) is 13.0. The highest BCUT2D eigenvalue weighted by atomic mass is 35.5. The van der Waals surface area contributed by atoms with Crippen LogP contribution in [0.25, 0.3) is 0 Å². The van der Waals surface area contributed by atoms with E-state index in [1.54, 1.807) is 7.11 Å². The molecule has 5 heteroatoms. The largest absolute Gasteiger partial charge is 0.496 e. The molecule has 1 N–H and O–H groups in total. The van der Waals surface area contributed by atoms with Crippen LogP contribution in [-0.4, -0.2) is 44.6 Å². The summed E-state index contributed by atoms with van der Waals surface area (Å²) in [6.45, 7) is 4.66. The van der Waals surface area contributed by atoms with Crippen molar-refractivity contribution in [2.75, 3.05) is 33.8 Å². The van der Waals surface area contributed by atoms with Crippen molar-refractivity contribution in [3.63, 3.8) is 0 Å². The maximum Gasteiger partial charge on any atom is 0.253 e. The molecule has 1 aliphatic rings. The Morgan fingerprint density at radius 2 is 2.24 bits per heavy atom. The van der Waals surface area contributed by atoms with Gasteiger partial charge in [0, 0.05) is 18.7 Å². The Bertz CT molecular complexity index is 477. The van der Waals surface area contributed by atoms with Crippen LogP contribution in [0.15, 0.2) is 18.2 Å². The Morgan fingerprint density at radius 3 is 2.90 bits per heavy atom. The second-order valence-electron chi connectivity index (χ2n) is 5.50. The monoisotopic (exact) mass is 312 g/mol. The lowest BCUT2D eigenvalue weighted by Crippen LogP contribution is -2.42. The average molecular weight is 313 g/mol. The number of hydrogen-bond acceptors (Lipinski definition) is 3. The van der Waals surface area contributed by atoms with Gasteiger partial charge < -0.3 is 15.0 Å². The van der Waals surface area contributed by atoms with Gasteiger partial charge in [0.15, 0.2) is 0 Å². The molecular weight excluding hydrogens is 288 g/mol. The Kier molecular flexibility index (Phi) is 6.99. The van der Waals surface area contributed by atoms with Gasteiger partial charge in [0.25, 0.3) is 5.91 Å². The van der Waals surface area contributed by atoms with Gasteiger partial charge in [0.05, 0.1) is 7.11 Å². The van der Waals surface area contributed by atoms with Crippen LogP contribution in [0.1, 0.15) is 28.8 Å². The summed E-state index contributed by atoms with van der Waals surface area (Å²) in [4.78, 5) is 14.5. The fourth-order valence-corrected chi connectivity index (χ4v) is 2.84. The maximum atomic E-state index is 12.6. The zero-order chi connectivity index (χ0) is 14.5. The van der Waals surface area contributed by atoms with E-state index in [2.05, 4.69) is 5.32 Å². The van der Waals surface area contributed by atoms with E-state index in [9.17, 15) is 4.79 Å². The first-order valence-electron chi connectivity index (χ1n) is 7.24. The number of carbonyl (C=O) groups is 1. The van der Waals surface area contributed by atoms with Crippen LogP contribution in [0.2, 0.25) is 0 Å². The van der Waals surface area contributed by atoms with Gasteiger partial charge in [-0.05, 0) is 57.0 Å². The minimum Gasteiger partial charge on any atom is -0.496 e. The fourth-order valence-electron chi connectivity index (χ4n) is 2.84. The van der Waals surface area contributed by atoms with Crippen LogP contribution in [0.3, 0.4) is 0 Å². The lowest BCUT2D eigenvalue weighted by atomic mass is 9.97. The Labute approximate surface area is 133 Å². The third kappa shape index (κ3) is 4.35. The number of rotatable bonds is 4. The molecule has 1 fully saturated rings. The number of ether oxygens (including phenoxy) is 1. The number of nitrogens with zero attached hydrogens (tertiary/aromatic N) is 1. The van der Waals surface area contributed by atoms with Gasteiger partial charge in [-0.1, -0.05) is 6.07 Å². The van der Waals surface area contributed by atoms with E-state index in [0.29, 0.717) is 5.92 Å². The number of nitrogens with one attached hydrogen (secondary N) is 1. The van der Waals surface area contributed by atoms with Crippen molar-refractivity contribution in [2.45, 2.75) is 19.8 Å². The Balaban J connectivity index is 0.00000220.